The van der Waals surface area contributed by atoms with Crippen molar-refractivity contribution in [3.05, 3.63) is 23.8 Å². The third kappa shape index (κ3) is 1.95. The molecule has 0 unspecified atom stereocenters. The summed E-state index contributed by atoms with van der Waals surface area (Å²) in [4.78, 5) is -0.420. The number of sulfone groups is 1. The van der Waals surface area contributed by atoms with Gasteiger partial charge in [-0.25, -0.2) is 17.2 Å². The summed E-state index contributed by atoms with van der Waals surface area (Å²) in [5.74, 6) is -2.14. The molecule has 72 valence electrons. The molecule has 0 aliphatic heterocycles. The molecule has 0 radical (unpaired) electrons. The minimum atomic E-state index is -3.60. The van der Waals surface area contributed by atoms with E-state index in [1.165, 1.54) is 0 Å². The van der Waals surface area contributed by atoms with E-state index in [1.54, 1.807) is 0 Å². The number of hydrogen-bond donors (Lipinski definition) is 1. The molecule has 1 aromatic carbocycles. The summed E-state index contributed by atoms with van der Waals surface area (Å²) in [7, 11) is -3.60. The third-order valence-electron chi connectivity index (χ3n) is 1.48. The van der Waals surface area contributed by atoms with Gasteiger partial charge >= 0.3 is 0 Å². The summed E-state index contributed by atoms with van der Waals surface area (Å²) in [6.07, 6.45) is 0.859. The molecule has 0 bridgehead atoms. The van der Waals surface area contributed by atoms with Crippen molar-refractivity contribution in [1.29, 1.82) is 0 Å². The molecule has 0 amide bonds. The van der Waals surface area contributed by atoms with Crippen molar-refractivity contribution in [2.24, 2.45) is 0 Å². The molecule has 0 aliphatic rings. The second kappa shape index (κ2) is 2.95. The van der Waals surface area contributed by atoms with E-state index in [1.807, 2.05) is 0 Å². The molecule has 0 saturated heterocycles. The van der Waals surface area contributed by atoms with Gasteiger partial charge < -0.3 is 5.73 Å². The maximum Gasteiger partial charge on any atom is 0.175 e. The fourth-order valence-electron chi connectivity index (χ4n) is 0.775. The Hall–Kier alpha value is -1.17. The van der Waals surface area contributed by atoms with Gasteiger partial charge in [0.1, 0.15) is 17.3 Å². The van der Waals surface area contributed by atoms with Crippen LogP contribution in [-0.4, -0.2) is 14.7 Å². The Morgan fingerprint density at radius 1 is 1.23 bits per heavy atom. The Morgan fingerprint density at radius 2 is 1.62 bits per heavy atom. The molecule has 3 nitrogen and oxygen atoms in total. The van der Waals surface area contributed by atoms with Crippen LogP contribution in [0.1, 0.15) is 0 Å². The van der Waals surface area contributed by atoms with Crippen LogP contribution in [0.5, 0.6) is 0 Å². The lowest BCUT2D eigenvalue weighted by atomic mass is 10.3. The van der Waals surface area contributed by atoms with Gasteiger partial charge in [-0.1, -0.05) is 0 Å². The second-order valence-corrected chi connectivity index (χ2v) is 4.59. The summed E-state index contributed by atoms with van der Waals surface area (Å²) in [6, 6.07) is 1.38. The molecule has 1 rings (SSSR count). The van der Waals surface area contributed by atoms with Gasteiger partial charge in [-0.2, -0.15) is 0 Å². The number of benzene rings is 1. The summed E-state index contributed by atoms with van der Waals surface area (Å²) in [5, 5.41) is 0. The monoisotopic (exact) mass is 207 g/mol. The van der Waals surface area contributed by atoms with Gasteiger partial charge in [-0.3, -0.25) is 0 Å². The van der Waals surface area contributed by atoms with Crippen molar-refractivity contribution in [3.8, 4) is 0 Å². The largest absolute Gasteiger partial charge is 0.394 e. The number of nitrogens with two attached hydrogens (primary N) is 1. The fourth-order valence-corrected chi connectivity index (χ4v) is 1.41. The van der Waals surface area contributed by atoms with Crippen LogP contribution in [0.3, 0.4) is 0 Å². The first kappa shape index (κ1) is 9.91. The highest BCUT2D eigenvalue weighted by Gasteiger charge is 2.13. The first-order chi connectivity index (χ1) is 5.82. The van der Waals surface area contributed by atoms with E-state index in [-0.39, 0.29) is 0 Å². The Bertz CT molecular complexity index is 419. The van der Waals surface area contributed by atoms with E-state index in [0.29, 0.717) is 12.1 Å². The molecule has 0 spiro atoms. The van der Waals surface area contributed by atoms with E-state index in [2.05, 4.69) is 0 Å². The van der Waals surface area contributed by atoms with Crippen LogP contribution in [0.25, 0.3) is 0 Å². The highest BCUT2D eigenvalue weighted by Crippen LogP contribution is 2.20. The quantitative estimate of drug-likeness (QED) is 0.697. The number of halogens is 2. The molecule has 0 atom stereocenters. The molecule has 13 heavy (non-hydrogen) atoms. The Kier molecular flexibility index (Phi) is 2.25. The van der Waals surface area contributed by atoms with E-state index in [4.69, 9.17) is 5.73 Å². The Morgan fingerprint density at radius 3 is 1.92 bits per heavy atom. The van der Waals surface area contributed by atoms with Crippen molar-refractivity contribution in [2.45, 2.75) is 4.90 Å². The van der Waals surface area contributed by atoms with Crippen LogP contribution in [0.2, 0.25) is 0 Å². The van der Waals surface area contributed by atoms with Crippen molar-refractivity contribution in [1.82, 2.24) is 0 Å². The van der Waals surface area contributed by atoms with Gasteiger partial charge in [0, 0.05) is 6.26 Å². The molecule has 0 heterocycles. The molecule has 1 aromatic rings. The van der Waals surface area contributed by atoms with Crippen molar-refractivity contribution in [2.75, 3.05) is 12.0 Å². The first-order valence-electron chi connectivity index (χ1n) is 3.27. The molecule has 2 N–H and O–H groups in total. The van der Waals surface area contributed by atoms with E-state index in [9.17, 15) is 17.2 Å². The highest BCUT2D eigenvalue weighted by molar-refractivity contribution is 7.90. The van der Waals surface area contributed by atoms with Crippen LogP contribution >= 0.6 is 0 Å². The Labute approximate surface area is 74.1 Å². The summed E-state index contributed by atoms with van der Waals surface area (Å²) in [6.45, 7) is 0. The molecule has 0 aliphatic carbocycles. The standard InChI is InChI=1S/C7H7F2NO2S/c1-13(11,12)4-2-5(8)7(10)6(9)3-4/h2-3H,10H2,1H3. The van der Waals surface area contributed by atoms with Crippen LogP contribution < -0.4 is 5.73 Å². The molecule has 0 saturated carbocycles. The molecule has 6 heteroatoms. The zero-order chi connectivity index (χ0) is 10.2. The maximum absolute atomic E-state index is 12.7. The summed E-state index contributed by atoms with van der Waals surface area (Å²) < 4.78 is 47.2. The van der Waals surface area contributed by atoms with E-state index < -0.39 is 32.1 Å². The van der Waals surface area contributed by atoms with Crippen LogP contribution in [0.15, 0.2) is 17.0 Å². The van der Waals surface area contributed by atoms with Gasteiger partial charge in [0.2, 0.25) is 0 Å². The normalized spacial score (nSPS) is 11.6. The first-order valence-corrected chi connectivity index (χ1v) is 5.16. The number of nitrogen functional groups attached to an aromatic ring is 1. The van der Waals surface area contributed by atoms with Crippen LogP contribution in [0.4, 0.5) is 14.5 Å². The van der Waals surface area contributed by atoms with E-state index in [0.717, 1.165) is 6.26 Å². The number of anilines is 1. The topological polar surface area (TPSA) is 60.2 Å². The van der Waals surface area contributed by atoms with Gasteiger partial charge in [0.05, 0.1) is 4.90 Å². The van der Waals surface area contributed by atoms with Gasteiger partial charge in [-0.15, -0.1) is 0 Å². The minimum absolute atomic E-state index is 0.420. The van der Waals surface area contributed by atoms with Gasteiger partial charge in [0.15, 0.2) is 9.84 Å². The average molecular weight is 207 g/mol. The lowest BCUT2D eigenvalue weighted by Gasteiger charge is -2.01. The van der Waals surface area contributed by atoms with Crippen molar-refractivity contribution >= 4 is 15.5 Å². The zero-order valence-electron chi connectivity index (χ0n) is 6.71. The lowest BCUT2D eigenvalue weighted by molar-refractivity contribution is 0.575. The Balaban J connectivity index is 3.47. The minimum Gasteiger partial charge on any atom is -0.394 e. The van der Waals surface area contributed by atoms with Crippen molar-refractivity contribution < 1.29 is 17.2 Å². The summed E-state index contributed by atoms with van der Waals surface area (Å²) in [5.41, 5.74) is 4.28. The fraction of sp³-hybridized carbons (Fsp3) is 0.143. The van der Waals surface area contributed by atoms with Crippen LogP contribution in [-0.2, 0) is 9.84 Å². The third-order valence-corrected chi connectivity index (χ3v) is 2.57. The molecule has 0 fully saturated rings. The molecule has 0 aromatic heterocycles. The second-order valence-electron chi connectivity index (χ2n) is 2.57. The number of rotatable bonds is 1. The van der Waals surface area contributed by atoms with Gasteiger partial charge in [0.25, 0.3) is 0 Å². The van der Waals surface area contributed by atoms with Gasteiger partial charge in [-0.05, 0) is 12.1 Å². The zero-order valence-corrected chi connectivity index (χ0v) is 7.53. The SMILES string of the molecule is CS(=O)(=O)c1cc(F)c(N)c(F)c1. The maximum atomic E-state index is 12.7. The summed E-state index contributed by atoms with van der Waals surface area (Å²) >= 11 is 0. The smallest absolute Gasteiger partial charge is 0.175 e. The van der Waals surface area contributed by atoms with E-state index >= 15 is 0 Å². The predicted molar refractivity (Wildman–Crippen MR) is 43.9 cm³/mol. The number of hydrogen-bond acceptors (Lipinski definition) is 3. The molecular weight excluding hydrogens is 200 g/mol. The van der Waals surface area contributed by atoms with Crippen LogP contribution in [0, 0.1) is 11.6 Å². The highest BCUT2D eigenvalue weighted by atomic mass is 32.2. The molecular formula is C7H7F2NO2S. The van der Waals surface area contributed by atoms with Crippen molar-refractivity contribution in [3.63, 3.8) is 0 Å². The predicted octanol–water partition coefficient (Wildman–Crippen LogP) is 0.951. The lowest BCUT2D eigenvalue weighted by Crippen LogP contribution is -2.02. The average Bonchev–Trinajstić information content (AvgIpc) is 1.97.